The Balaban J connectivity index is 2.22. The number of carbonyl (C=O) groups excluding carboxylic acids is 1. The second-order valence-electron chi connectivity index (χ2n) is 5.28. The van der Waals surface area contributed by atoms with Crippen LogP contribution < -0.4 is 5.32 Å². The maximum atomic E-state index is 12.0. The Morgan fingerprint density at radius 3 is 2.38 bits per heavy atom. The van der Waals surface area contributed by atoms with Gasteiger partial charge in [0.2, 0.25) is 0 Å². The summed E-state index contributed by atoms with van der Waals surface area (Å²) in [5.74, 6) is 1.67. The monoisotopic (exact) mass is 225 g/mol. The van der Waals surface area contributed by atoms with Crippen molar-refractivity contribution < 1.29 is 4.79 Å². The summed E-state index contributed by atoms with van der Waals surface area (Å²) in [6.45, 7) is 7.13. The lowest BCUT2D eigenvalue weighted by Crippen LogP contribution is -2.35. The molecule has 0 spiro atoms. The average Bonchev–Trinajstić information content (AvgIpc) is 2.35. The Hall–Kier alpha value is -0.370. The van der Waals surface area contributed by atoms with Crippen molar-refractivity contribution in [1.82, 2.24) is 5.32 Å². The van der Waals surface area contributed by atoms with Crippen molar-refractivity contribution in [3.63, 3.8) is 0 Å². The first-order valence-corrected chi connectivity index (χ1v) is 6.93. The van der Waals surface area contributed by atoms with Crippen molar-refractivity contribution in [2.45, 2.75) is 65.3 Å². The van der Waals surface area contributed by atoms with Gasteiger partial charge in [0.1, 0.15) is 5.78 Å². The molecule has 0 aromatic carbocycles. The fourth-order valence-electron chi connectivity index (χ4n) is 2.46. The third kappa shape index (κ3) is 4.25. The van der Waals surface area contributed by atoms with Crippen molar-refractivity contribution >= 4 is 5.78 Å². The van der Waals surface area contributed by atoms with Crippen LogP contribution in [-0.2, 0) is 4.79 Å². The Morgan fingerprint density at radius 1 is 1.25 bits per heavy atom. The van der Waals surface area contributed by atoms with Gasteiger partial charge in [-0.15, -0.1) is 0 Å². The topological polar surface area (TPSA) is 29.1 Å². The predicted molar refractivity (Wildman–Crippen MR) is 68.5 cm³/mol. The summed E-state index contributed by atoms with van der Waals surface area (Å²) in [6.07, 6.45) is 7.15. The first kappa shape index (κ1) is 13.7. The van der Waals surface area contributed by atoms with Crippen molar-refractivity contribution in [2.24, 2.45) is 11.8 Å². The molecule has 2 heteroatoms. The smallest absolute Gasteiger partial charge is 0.149 e. The molecule has 94 valence electrons. The molecular formula is C14H27NO. The second kappa shape index (κ2) is 7.05. The third-order valence-corrected chi connectivity index (χ3v) is 4.12. The van der Waals surface area contributed by atoms with Gasteiger partial charge in [-0.25, -0.2) is 0 Å². The largest absolute Gasteiger partial charge is 0.308 e. The van der Waals surface area contributed by atoms with Crippen molar-refractivity contribution in [3.8, 4) is 0 Å². The Labute approximate surface area is 100 Å². The maximum absolute atomic E-state index is 12.0. The lowest BCUT2D eigenvalue weighted by atomic mass is 9.79. The highest BCUT2D eigenvalue weighted by atomic mass is 16.1. The third-order valence-electron chi connectivity index (χ3n) is 4.12. The van der Waals surface area contributed by atoms with Crippen LogP contribution in [0.2, 0.25) is 0 Å². The van der Waals surface area contributed by atoms with Gasteiger partial charge in [0.05, 0.1) is 6.54 Å². The van der Waals surface area contributed by atoms with E-state index in [0.717, 1.165) is 25.2 Å². The molecule has 1 saturated carbocycles. The summed E-state index contributed by atoms with van der Waals surface area (Å²) in [6, 6.07) is 0.468. The number of carbonyl (C=O) groups is 1. The molecule has 0 aliphatic heterocycles. The number of rotatable bonds is 6. The summed E-state index contributed by atoms with van der Waals surface area (Å²) in [5, 5.41) is 3.31. The average molecular weight is 225 g/mol. The normalized spacial score (nSPS) is 27.7. The van der Waals surface area contributed by atoms with Crippen LogP contribution in [0.15, 0.2) is 0 Å². The van der Waals surface area contributed by atoms with Crippen LogP contribution in [0.1, 0.15) is 59.3 Å². The van der Waals surface area contributed by atoms with Gasteiger partial charge >= 0.3 is 0 Å². The summed E-state index contributed by atoms with van der Waals surface area (Å²) in [5.41, 5.74) is 0. The number of hydrogen-bond donors (Lipinski definition) is 1. The zero-order valence-corrected chi connectivity index (χ0v) is 11.1. The summed E-state index contributed by atoms with van der Waals surface area (Å²) >= 11 is 0. The number of hydrogen-bond acceptors (Lipinski definition) is 2. The predicted octanol–water partition coefficient (Wildman–Crippen LogP) is 3.16. The lowest BCUT2D eigenvalue weighted by Gasteiger charge is -2.27. The van der Waals surface area contributed by atoms with Crippen LogP contribution in [0.4, 0.5) is 0 Å². The molecule has 1 fully saturated rings. The van der Waals surface area contributed by atoms with Crippen molar-refractivity contribution in [1.29, 1.82) is 0 Å². The highest BCUT2D eigenvalue weighted by Gasteiger charge is 2.24. The fraction of sp³-hybridized carbons (Fsp3) is 0.929. The van der Waals surface area contributed by atoms with Crippen LogP contribution in [0.3, 0.4) is 0 Å². The first-order valence-electron chi connectivity index (χ1n) is 6.93. The molecular weight excluding hydrogens is 198 g/mol. The van der Waals surface area contributed by atoms with Gasteiger partial charge in [0.25, 0.3) is 0 Å². The van der Waals surface area contributed by atoms with E-state index in [0.29, 0.717) is 24.3 Å². The minimum atomic E-state index is 0.347. The van der Waals surface area contributed by atoms with Crippen molar-refractivity contribution in [2.75, 3.05) is 6.54 Å². The maximum Gasteiger partial charge on any atom is 0.149 e. The van der Waals surface area contributed by atoms with Gasteiger partial charge in [-0.05, 0) is 44.9 Å². The number of nitrogens with one attached hydrogen (secondary N) is 1. The molecule has 1 aliphatic rings. The van der Waals surface area contributed by atoms with E-state index in [2.05, 4.69) is 26.1 Å². The molecule has 0 saturated heterocycles. The second-order valence-corrected chi connectivity index (χ2v) is 5.28. The molecule has 2 nitrogen and oxygen atoms in total. The first-order chi connectivity index (χ1) is 7.67. The van der Waals surface area contributed by atoms with E-state index >= 15 is 0 Å². The Morgan fingerprint density at radius 2 is 1.88 bits per heavy atom. The van der Waals surface area contributed by atoms with Crippen LogP contribution >= 0.6 is 0 Å². The fourth-order valence-corrected chi connectivity index (χ4v) is 2.46. The van der Waals surface area contributed by atoms with Gasteiger partial charge < -0.3 is 5.32 Å². The van der Waals surface area contributed by atoms with Crippen LogP contribution in [0, 0.1) is 11.8 Å². The Kier molecular flexibility index (Phi) is 6.04. The number of Topliss-reactive ketones (excluding diaryl/α,β-unsaturated/α-hetero) is 1. The van der Waals surface area contributed by atoms with Crippen LogP contribution in [-0.4, -0.2) is 18.4 Å². The van der Waals surface area contributed by atoms with Gasteiger partial charge in [-0.1, -0.05) is 20.3 Å². The highest BCUT2D eigenvalue weighted by Crippen LogP contribution is 2.30. The minimum Gasteiger partial charge on any atom is -0.308 e. The van der Waals surface area contributed by atoms with E-state index in [1.807, 2.05) is 0 Å². The van der Waals surface area contributed by atoms with Crippen molar-refractivity contribution in [3.05, 3.63) is 0 Å². The van der Waals surface area contributed by atoms with E-state index in [1.165, 1.54) is 19.3 Å². The summed E-state index contributed by atoms with van der Waals surface area (Å²) in [4.78, 5) is 12.0. The summed E-state index contributed by atoms with van der Waals surface area (Å²) in [7, 11) is 0. The van der Waals surface area contributed by atoms with E-state index in [-0.39, 0.29) is 0 Å². The van der Waals surface area contributed by atoms with E-state index in [4.69, 9.17) is 0 Å². The molecule has 1 rings (SSSR count). The molecule has 1 aliphatic carbocycles. The molecule has 0 amide bonds. The molecule has 1 unspecified atom stereocenters. The van der Waals surface area contributed by atoms with Gasteiger partial charge in [0.15, 0.2) is 0 Å². The lowest BCUT2D eigenvalue weighted by molar-refractivity contribution is -0.123. The molecule has 0 radical (unpaired) electrons. The van der Waals surface area contributed by atoms with Gasteiger partial charge in [-0.2, -0.15) is 0 Å². The highest BCUT2D eigenvalue weighted by molar-refractivity contribution is 5.83. The van der Waals surface area contributed by atoms with Gasteiger partial charge in [0, 0.05) is 12.0 Å². The molecule has 0 aromatic heterocycles. The van der Waals surface area contributed by atoms with Gasteiger partial charge in [-0.3, -0.25) is 4.79 Å². The number of ketones is 1. The summed E-state index contributed by atoms with van der Waals surface area (Å²) < 4.78 is 0. The molecule has 0 aromatic rings. The minimum absolute atomic E-state index is 0.347. The SMILES string of the molecule is CCC1CCC(C(=O)CNC(C)CC)CC1. The van der Waals surface area contributed by atoms with Crippen LogP contribution in [0.5, 0.6) is 0 Å². The zero-order chi connectivity index (χ0) is 12.0. The quantitative estimate of drug-likeness (QED) is 0.752. The molecule has 16 heavy (non-hydrogen) atoms. The molecule has 0 bridgehead atoms. The van der Waals surface area contributed by atoms with Crippen LogP contribution in [0.25, 0.3) is 0 Å². The standard InChI is InChI=1S/C14H27NO/c1-4-11(3)15-10-14(16)13-8-6-12(5-2)7-9-13/h11-13,15H,4-10H2,1-3H3. The zero-order valence-electron chi connectivity index (χ0n) is 11.1. The van der Waals surface area contributed by atoms with E-state index < -0.39 is 0 Å². The van der Waals surface area contributed by atoms with E-state index in [9.17, 15) is 4.79 Å². The Bertz CT molecular complexity index is 207. The van der Waals surface area contributed by atoms with E-state index in [1.54, 1.807) is 0 Å². The molecule has 0 heterocycles. The molecule has 1 N–H and O–H groups in total. The molecule has 1 atom stereocenters.